The SMILES string of the molecule is CCN(OC(=O)CCSCc1ccccc1)[C@H](Cc1ccc(O)cc1)C(=O)OC. The van der Waals surface area contributed by atoms with Crippen LogP contribution in [0.25, 0.3) is 0 Å². The fraction of sp³-hybridized carbons (Fsp3) is 0.364. The van der Waals surface area contributed by atoms with Crippen LogP contribution in [0.3, 0.4) is 0 Å². The maximum Gasteiger partial charge on any atom is 0.326 e. The molecule has 0 heterocycles. The smallest absolute Gasteiger partial charge is 0.326 e. The zero-order chi connectivity index (χ0) is 21.1. The second-order valence-electron chi connectivity index (χ2n) is 6.39. The van der Waals surface area contributed by atoms with Crippen molar-refractivity contribution >= 4 is 23.7 Å². The maximum atomic E-state index is 12.3. The molecule has 0 spiro atoms. The first-order valence-electron chi connectivity index (χ1n) is 9.48. The number of hydrogen-bond donors (Lipinski definition) is 1. The quantitative estimate of drug-likeness (QED) is 0.340. The van der Waals surface area contributed by atoms with E-state index in [4.69, 9.17) is 9.57 Å². The number of benzene rings is 2. The predicted octanol–water partition coefficient (Wildman–Crippen LogP) is 3.58. The summed E-state index contributed by atoms with van der Waals surface area (Å²) >= 11 is 1.66. The average molecular weight is 418 g/mol. The molecule has 0 fully saturated rings. The molecule has 6 nitrogen and oxygen atoms in total. The number of carbonyl (C=O) groups is 2. The Hall–Kier alpha value is -2.51. The van der Waals surface area contributed by atoms with Crippen molar-refractivity contribution < 1.29 is 24.3 Å². The van der Waals surface area contributed by atoms with E-state index in [1.165, 1.54) is 17.7 Å². The van der Waals surface area contributed by atoms with E-state index in [9.17, 15) is 14.7 Å². The largest absolute Gasteiger partial charge is 0.508 e. The lowest BCUT2D eigenvalue weighted by molar-refractivity contribution is -0.206. The summed E-state index contributed by atoms with van der Waals surface area (Å²) in [5.74, 6) is 0.747. The van der Waals surface area contributed by atoms with Gasteiger partial charge in [-0.2, -0.15) is 11.8 Å². The number of likely N-dealkylation sites (N-methyl/N-ethyl adjacent to an activating group) is 1. The fourth-order valence-corrected chi connectivity index (χ4v) is 3.62. The maximum absolute atomic E-state index is 12.3. The molecule has 29 heavy (non-hydrogen) atoms. The van der Waals surface area contributed by atoms with Crippen molar-refractivity contribution in [2.75, 3.05) is 19.4 Å². The first kappa shape index (κ1) is 22.8. The third kappa shape index (κ3) is 7.79. The summed E-state index contributed by atoms with van der Waals surface area (Å²) in [4.78, 5) is 30.0. The minimum Gasteiger partial charge on any atom is -0.508 e. The van der Waals surface area contributed by atoms with Gasteiger partial charge in [0.1, 0.15) is 11.8 Å². The molecule has 0 radical (unpaired) electrons. The second-order valence-corrected chi connectivity index (χ2v) is 7.50. The van der Waals surface area contributed by atoms with Gasteiger partial charge in [-0.1, -0.05) is 42.5 Å². The first-order chi connectivity index (χ1) is 14.0. The van der Waals surface area contributed by atoms with Gasteiger partial charge < -0.3 is 14.7 Å². The van der Waals surface area contributed by atoms with Crippen LogP contribution in [0.15, 0.2) is 54.6 Å². The molecule has 0 aliphatic heterocycles. The molecule has 1 atom stereocenters. The van der Waals surface area contributed by atoms with Gasteiger partial charge in [0.15, 0.2) is 0 Å². The number of aromatic hydroxyl groups is 1. The van der Waals surface area contributed by atoms with Crippen molar-refractivity contribution in [3.8, 4) is 5.75 Å². The minimum absolute atomic E-state index is 0.148. The summed E-state index contributed by atoms with van der Waals surface area (Å²) in [6.07, 6.45) is 0.554. The number of phenols is 1. The molecule has 7 heteroatoms. The number of nitrogens with zero attached hydrogens (tertiary/aromatic N) is 1. The van der Waals surface area contributed by atoms with E-state index >= 15 is 0 Å². The van der Waals surface area contributed by atoms with Crippen LogP contribution in [0, 0.1) is 0 Å². The molecular weight excluding hydrogens is 390 g/mol. The highest BCUT2D eigenvalue weighted by molar-refractivity contribution is 7.98. The molecule has 2 aromatic carbocycles. The van der Waals surface area contributed by atoms with E-state index in [0.717, 1.165) is 11.3 Å². The van der Waals surface area contributed by atoms with Gasteiger partial charge in [0.25, 0.3) is 0 Å². The Labute approximate surface area is 175 Å². The highest BCUT2D eigenvalue weighted by atomic mass is 32.2. The van der Waals surface area contributed by atoms with Gasteiger partial charge in [-0.3, -0.25) is 9.59 Å². The monoisotopic (exact) mass is 417 g/mol. The van der Waals surface area contributed by atoms with Gasteiger partial charge in [-0.25, -0.2) is 0 Å². The number of rotatable bonds is 11. The molecule has 0 saturated heterocycles. The van der Waals surface area contributed by atoms with Crippen molar-refractivity contribution in [1.82, 2.24) is 5.06 Å². The Kier molecular flexibility index (Phi) is 9.53. The molecule has 0 aromatic heterocycles. The first-order valence-corrected chi connectivity index (χ1v) is 10.6. The molecular formula is C22H27NO5S. The average Bonchev–Trinajstić information content (AvgIpc) is 2.75. The molecule has 0 aliphatic rings. The highest BCUT2D eigenvalue weighted by Gasteiger charge is 2.29. The lowest BCUT2D eigenvalue weighted by Crippen LogP contribution is -2.44. The molecule has 156 valence electrons. The normalized spacial score (nSPS) is 11.8. The number of thioether (sulfide) groups is 1. The number of ether oxygens (including phenoxy) is 1. The van der Waals surface area contributed by atoms with Crippen LogP contribution in [0.1, 0.15) is 24.5 Å². The van der Waals surface area contributed by atoms with E-state index in [-0.39, 0.29) is 18.1 Å². The van der Waals surface area contributed by atoms with Crippen LogP contribution in [-0.2, 0) is 31.3 Å². The van der Waals surface area contributed by atoms with Crippen molar-refractivity contribution in [3.63, 3.8) is 0 Å². The molecule has 0 amide bonds. The molecule has 0 bridgehead atoms. The summed E-state index contributed by atoms with van der Waals surface area (Å²) in [7, 11) is 1.31. The van der Waals surface area contributed by atoms with Crippen molar-refractivity contribution in [3.05, 3.63) is 65.7 Å². The van der Waals surface area contributed by atoms with Crippen molar-refractivity contribution in [2.45, 2.75) is 31.6 Å². The lowest BCUT2D eigenvalue weighted by atomic mass is 10.1. The van der Waals surface area contributed by atoms with Gasteiger partial charge in [-0.05, 0) is 30.2 Å². The number of esters is 1. The summed E-state index contributed by atoms with van der Waals surface area (Å²) in [6.45, 7) is 2.16. The van der Waals surface area contributed by atoms with Gasteiger partial charge in [0.05, 0.1) is 13.5 Å². The molecule has 0 unspecified atom stereocenters. The van der Waals surface area contributed by atoms with E-state index in [1.807, 2.05) is 25.1 Å². The topological polar surface area (TPSA) is 76.1 Å². The third-order valence-corrected chi connectivity index (χ3v) is 5.31. The van der Waals surface area contributed by atoms with Gasteiger partial charge >= 0.3 is 11.9 Å². The second kappa shape index (κ2) is 12.1. The Morgan fingerprint density at radius 3 is 2.38 bits per heavy atom. The third-order valence-electron chi connectivity index (χ3n) is 4.28. The number of methoxy groups -OCH3 is 1. The molecule has 0 saturated carbocycles. The fourth-order valence-electron chi connectivity index (χ4n) is 2.74. The number of hydrogen-bond acceptors (Lipinski definition) is 7. The van der Waals surface area contributed by atoms with Crippen LogP contribution in [0.2, 0.25) is 0 Å². The van der Waals surface area contributed by atoms with Crippen LogP contribution in [0.5, 0.6) is 5.75 Å². The minimum atomic E-state index is -0.754. The highest BCUT2D eigenvalue weighted by Crippen LogP contribution is 2.17. The Balaban J connectivity index is 1.88. The molecule has 2 aromatic rings. The molecule has 2 rings (SSSR count). The number of phenolic OH excluding ortho intramolecular Hbond substituents is 1. The lowest BCUT2D eigenvalue weighted by Gasteiger charge is -2.27. The summed E-state index contributed by atoms with van der Waals surface area (Å²) in [5.41, 5.74) is 2.03. The van der Waals surface area contributed by atoms with E-state index in [0.29, 0.717) is 18.7 Å². The van der Waals surface area contributed by atoms with Crippen LogP contribution in [-0.4, -0.2) is 47.6 Å². The standard InChI is InChI=1S/C22H27NO5S/c1-3-23(20(22(26)27-2)15-17-9-11-19(24)12-10-17)28-21(25)13-14-29-16-18-7-5-4-6-8-18/h4-12,20,24H,3,13-16H2,1-2H3/t20-/m1/s1. The summed E-state index contributed by atoms with van der Waals surface area (Å²) < 4.78 is 4.89. The van der Waals surface area contributed by atoms with Crippen LogP contribution < -0.4 is 0 Å². The number of hydroxylamine groups is 2. The van der Waals surface area contributed by atoms with Crippen LogP contribution in [0.4, 0.5) is 0 Å². The van der Waals surface area contributed by atoms with E-state index in [1.54, 1.807) is 36.0 Å². The van der Waals surface area contributed by atoms with Gasteiger partial charge in [0, 0.05) is 24.5 Å². The van der Waals surface area contributed by atoms with E-state index < -0.39 is 12.0 Å². The summed E-state index contributed by atoms with van der Waals surface area (Å²) in [5, 5.41) is 10.8. The van der Waals surface area contributed by atoms with Crippen molar-refractivity contribution in [2.24, 2.45) is 0 Å². The zero-order valence-corrected chi connectivity index (χ0v) is 17.6. The number of carbonyl (C=O) groups excluding carboxylic acids is 2. The molecule has 0 aliphatic carbocycles. The Morgan fingerprint density at radius 2 is 1.76 bits per heavy atom. The molecule has 1 N–H and O–H groups in total. The van der Waals surface area contributed by atoms with Crippen molar-refractivity contribution in [1.29, 1.82) is 0 Å². The van der Waals surface area contributed by atoms with E-state index in [2.05, 4.69) is 12.1 Å². The Bertz CT molecular complexity index is 767. The Morgan fingerprint density at radius 1 is 1.07 bits per heavy atom. The van der Waals surface area contributed by atoms with Gasteiger partial charge in [0.2, 0.25) is 0 Å². The van der Waals surface area contributed by atoms with Gasteiger partial charge in [-0.15, -0.1) is 5.06 Å². The summed E-state index contributed by atoms with van der Waals surface area (Å²) in [6, 6.07) is 15.8. The zero-order valence-electron chi connectivity index (χ0n) is 16.7. The predicted molar refractivity (Wildman–Crippen MR) is 113 cm³/mol. The van der Waals surface area contributed by atoms with Crippen LogP contribution >= 0.6 is 11.8 Å².